The molecule has 0 fully saturated rings. The molecule has 1 atom stereocenters. The molecule has 0 heterocycles. The van der Waals surface area contributed by atoms with Crippen molar-refractivity contribution in [1.29, 1.82) is 0 Å². The molecule has 0 aliphatic carbocycles. The van der Waals surface area contributed by atoms with Crippen LogP contribution in [0, 0.1) is 5.41 Å². The summed E-state index contributed by atoms with van der Waals surface area (Å²) in [5.41, 5.74) is -0.465. The standard InChI is InChI=1S/C14H21NO5S/c1-14(2,3)12(7-8-16)15-21(19,20)11-6-4-5-10(9-11)13(17)18/h4-6,9,12,15-16H,7-8H2,1-3H3,(H,17,18). The minimum atomic E-state index is -3.85. The van der Waals surface area contributed by atoms with E-state index in [1.165, 1.54) is 18.2 Å². The van der Waals surface area contributed by atoms with Crippen LogP contribution in [0.3, 0.4) is 0 Å². The van der Waals surface area contributed by atoms with Gasteiger partial charge in [0.05, 0.1) is 10.5 Å². The zero-order chi connectivity index (χ0) is 16.3. The zero-order valence-electron chi connectivity index (χ0n) is 12.3. The highest BCUT2D eigenvalue weighted by molar-refractivity contribution is 7.89. The van der Waals surface area contributed by atoms with Crippen molar-refractivity contribution < 1.29 is 23.4 Å². The third-order valence-electron chi connectivity index (χ3n) is 3.15. The molecule has 118 valence electrons. The summed E-state index contributed by atoms with van der Waals surface area (Å²) in [5, 5.41) is 18.0. The van der Waals surface area contributed by atoms with Crippen molar-refractivity contribution in [1.82, 2.24) is 4.72 Å². The summed E-state index contributed by atoms with van der Waals surface area (Å²) >= 11 is 0. The molecule has 1 unspecified atom stereocenters. The number of carboxylic acids is 1. The number of hydrogen-bond acceptors (Lipinski definition) is 4. The second-order valence-electron chi connectivity index (χ2n) is 5.89. The summed E-state index contributed by atoms with van der Waals surface area (Å²) in [6, 6.07) is 4.71. The Hall–Kier alpha value is -1.44. The van der Waals surface area contributed by atoms with E-state index < -0.39 is 22.0 Å². The molecular formula is C14H21NO5S. The van der Waals surface area contributed by atoms with Gasteiger partial charge in [0.15, 0.2) is 0 Å². The third-order valence-corrected chi connectivity index (χ3v) is 4.62. The summed E-state index contributed by atoms with van der Waals surface area (Å²) < 4.78 is 27.2. The maximum Gasteiger partial charge on any atom is 0.335 e. The minimum absolute atomic E-state index is 0.0904. The molecule has 7 heteroatoms. The molecule has 3 N–H and O–H groups in total. The highest BCUT2D eigenvalue weighted by atomic mass is 32.2. The van der Waals surface area contributed by atoms with Crippen LogP contribution in [0.15, 0.2) is 29.2 Å². The predicted octanol–water partition coefficient (Wildman–Crippen LogP) is 1.46. The molecule has 1 aromatic rings. The van der Waals surface area contributed by atoms with Crippen LogP contribution in [0.25, 0.3) is 0 Å². The van der Waals surface area contributed by atoms with E-state index in [1.807, 2.05) is 20.8 Å². The van der Waals surface area contributed by atoms with Crippen molar-refractivity contribution in [3.8, 4) is 0 Å². The lowest BCUT2D eigenvalue weighted by Gasteiger charge is -2.30. The molecule has 0 spiro atoms. The molecule has 0 aliphatic rings. The lowest BCUT2D eigenvalue weighted by Crippen LogP contribution is -2.44. The van der Waals surface area contributed by atoms with E-state index in [2.05, 4.69) is 4.72 Å². The normalized spacial score (nSPS) is 13.9. The second kappa shape index (κ2) is 6.55. The van der Waals surface area contributed by atoms with E-state index in [1.54, 1.807) is 0 Å². The van der Waals surface area contributed by atoms with E-state index in [0.29, 0.717) is 0 Å². The fraction of sp³-hybridized carbons (Fsp3) is 0.500. The van der Waals surface area contributed by atoms with Crippen molar-refractivity contribution in [2.45, 2.75) is 38.1 Å². The van der Waals surface area contributed by atoms with E-state index in [-0.39, 0.29) is 28.9 Å². The number of sulfonamides is 1. The summed E-state index contributed by atoms with van der Waals surface area (Å²) in [7, 11) is -3.85. The Kier molecular flexibility index (Phi) is 5.49. The maximum absolute atomic E-state index is 12.4. The number of hydrogen-bond donors (Lipinski definition) is 3. The molecule has 0 amide bonds. The maximum atomic E-state index is 12.4. The number of nitrogens with one attached hydrogen (secondary N) is 1. The van der Waals surface area contributed by atoms with Crippen LogP contribution < -0.4 is 4.72 Å². The quantitative estimate of drug-likeness (QED) is 0.737. The highest BCUT2D eigenvalue weighted by Crippen LogP contribution is 2.24. The molecule has 0 saturated heterocycles. The molecule has 1 aromatic carbocycles. The van der Waals surface area contributed by atoms with E-state index in [9.17, 15) is 13.2 Å². The Morgan fingerprint density at radius 1 is 1.33 bits per heavy atom. The van der Waals surface area contributed by atoms with Gasteiger partial charge in [-0.05, 0) is 30.0 Å². The molecule has 1 rings (SSSR count). The van der Waals surface area contributed by atoms with Gasteiger partial charge in [0.25, 0.3) is 0 Å². The van der Waals surface area contributed by atoms with Crippen molar-refractivity contribution >= 4 is 16.0 Å². The second-order valence-corrected chi connectivity index (χ2v) is 7.60. The SMILES string of the molecule is CC(C)(C)C(CCO)NS(=O)(=O)c1cccc(C(=O)O)c1. The van der Waals surface area contributed by atoms with E-state index >= 15 is 0 Å². The third kappa shape index (κ3) is 4.80. The van der Waals surface area contributed by atoms with Crippen LogP contribution in [0.1, 0.15) is 37.6 Å². The summed E-state index contributed by atoms with van der Waals surface area (Å²) in [6.07, 6.45) is 0.279. The van der Waals surface area contributed by atoms with Crippen LogP contribution in [0.4, 0.5) is 0 Å². The molecule has 0 aliphatic heterocycles. The van der Waals surface area contributed by atoms with Gasteiger partial charge in [-0.15, -0.1) is 0 Å². The van der Waals surface area contributed by atoms with Crippen molar-refractivity contribution in [3.63, 3.8) is 0 Å². The Morgan fingerprint density at radius 2 is 1.95 bits per heavy atom. The molecule has 6 nitrogen and oxygen atoms in total. The molecule has 0 bridgehead atoms. The van der Waals surface area contributed by atoms with Gasteiger partial charge in [0, 0.05) is 12.6 Å². The number of carbonyl (C=O) groups is 1. The topological polar surface area (TPSA) is 104 Å². The summed E-state index contributed by atoms with van der Waals surface area (Å²) in [4.78, 5) is 10.8. The van der Waals surface area contributed by atoms with Gasteiger partial charge < -0.3 is 10.2 Å². The Labute approximate surface area is 124 Å². The van der Waals surface area contributed by atoms with Crippen LogP contribution in [0.5, 0.6) is 0 Å². The van der Waals surface area contributed by atoms with Crippen molar-refractivity contribution in [2.24, 2.45) is 5.41 Å². The van der Waals surface area contributed by atoms with Gasteiger partial charge in [0.2, 0.25) is 10.0 Å². The first-order chi connectivity index (χ1) is 9.58. The van der Waals surface area contributed by atoms with Crippen LogP contribution in [-0.2, 0) is 10.0 Å². The minimum Gasteiger partial charge on any atom is -0.478 e. The van der Waals surface area contributed by atoms with E-state index in [4.69, 9.17) is 10.2 Å². The number of aromatic carboxylic acids is 1. The Balaban J connectivity index is 3.10. The van der Waals surface area contributed by atoms with E-state index in [0.717, 1.165) is 6.07 Å². The van der Waals surface area contributed by atoms with Crippen LogP contribution in [0.2, 0.25) is 0 Å². The molecule has 0 saturated carbocycles. The largest absolute Gasteiger partial charge is 0.478 e. The molecular weight excluding hydrogens is 294 g/mol. The number of carboxylic acid groups (broad SMARTS) is 1. The first-order valence-electron chi connectivity index (χ1n) is 6.54. The van der Waals surface area contributed by atoms with Gasteiger partial charge in [-0.2, -0.15) is 0 Å². The summed E-state index contributed by atoms with van der Waals surface area (Å²) in [6.45, 7) is 5.45. The Bertz CT molecular complexity index is 604. The number of aliphatic hydroxyl groups is 1. The highest BCUT2D eigenvalue weighted by Gasteiger charge is 2.29. The lowest BCUT2D eigenvalue weighted by atomic mass is 9.86. The first kappa shape index (κ1) is 17.6. The van der Waals surface area contributed by atoms with Gasteiger partial charge >= 0.3 is 5.97 Å². The lowest BCUT2D eigenvalue weighted by molar-refractivity contribution is 0.0696. The van der Waals surface area contributed by atoms with Gasteiger partial charge in [-0.1, -0.05) is 26.8 Å². The van der Waals surface area contributed by atoms with Gasteiger partial charge in [-0.25, -0.2) is 17.9 Å². The van der Waals surface area contributed by atoms with Crippen LogP contribution >= 0.6 is 0 Å². The first-order valence-corrected chi connectivity index (χ1v) is 8.03. The average molecular weight is 315 g/mol. The van der Waals surface area contributed by atoms with Gasteiger partial charge in [0.1, 0.15) is 0 Å². The fourth-order valence-electron chi connectivity index (χ4n) is 1.85. The number of benzene rings is 1. The van der Waals surface area contributed by atoms with Crippen LogP contribution in [-0.4, -0.2) is 37.2 Å². The number of rotatable bonds is 6. The molecule has 21 heavy (non-hydrogen) atoms. The Morgan fingerprint density at radius 3 is 2.43 bits per heavy atom. The zero-order valence-corrected chi connectivity index (χ0v) is 13.1. The van der Waals surface area contributed by atoms with Gasteiger partial charge in [-0.3, -0.25) is 0 Å². The average Bonchev–Trinajstić information content (AvgIpc) is 2.37. The molecule has 0 aromatic heterocycles. The monoisotopic (exact) mass is 315 g/mol. The molecule has 0 radical (unpaired) electrons. The van der Waals surface area contributed by atoms with Crippen molar-refractivity contribution in [3.05, 3.63) is 29.8 Å². The smallest absolute Gasteiger partial charge is 0.335 e. The summed E-state index contributed by atoms with van der Waals surface area (Å²) in [5.74, 6) is -1.19. The number of aliphatic hydroxyl groups excluding tert-OH is 1. The predicted molar refractivity (Wildman–Crippen MR) is 78.7 cm³/mol. The fourth-order valence-corrected chi connectivity index (χ4v) is 3.37. The van der Waals surface area contributed by atoms with Crippen molar-refractivity contribution in [2.75, 3.05) is 6.61 Å².